The van der Waals surface area contributed by atoms with Crippen molar-refractivity contribution in [2.24, 2.45) is 0 Å². The predicted molar refractivity (Wildman–Crippen MR) is 72.0 cm³/mol. The average Bonchev–Trinajstić information content (AvgIpc) is 2.73. The van der Waals surface area contributed by atoms with Crippen LogP contribution in [0.1, 0.15) is 19.0 Å². The van der Waals surface area contributed by atoms with E-state index in [1.165, 1.54) is 0 Å². The standard InChI is InChI=1S/C12H17N5O2/c1-2-3-9-12(14-6-11(18)16-19)17-7-8(13)4-5-10(17)15-9/h4-5,7,14,19H,2-3,6,13H2,1H3,(H,16,18). The van der Waals surface area contributed by atoms with Crippen molar-refractivity contribution < 1.29 is 10.0 Å². The Morgan fingerprint density at radius 1 is 1.53 bits per heavy atom. The van der Waals surface area contributed by atoms with Gasteiger partial charge >= 0.3 is 0 Å². The Balaban J connectivity index is 2.38. The van der Waals surface area contributed by atoms with Crippen LogP contribution < -0.4 is 16.5 Å². The average molecular weight is 263 g/mol. The summed E-state index contributed by atoms with van der Waals surface area (Å²) in [6.07, 6.45) is 3.49. The van der Waals surface area contributed by atoms with Crippen molar-refractivity contribution in [3.05, 3.63) is 24.0 Å². The fraction of sp³-hybridized carbons (Fsp3) is 0.333. The van der Waals surface area contributed by atoms with Gasteiger partial charge in [0.15, 0.2) is 0 Å². The highest BCUT2D eigenvalue weighted by Crippen LogP contribution is 2.21. The second kappa shape index (κ2) is 5.57. The topological polar surface area (TPSA) is 105 Å². The largest absolute Gasteiger partial charge is 0.398 e. The molecule has 2 aromatic heterocycles. The van der Waals surface area contributed by atoms with E-state index in [-0.39, 0.29) is 6.54 Å². The van der Waals surface area contributed by atoms with E-state index in [0.717, 1.165) is 30.0 Å². The Morgan fingerprint density at radius 3 is 3.00 bits per heavy atom. The maximum atomic E-state index is 11.1. The van der Waals surface area contributed by atoms with E-state index in [9.17, 15) is 4.79 Å². The highest BCUT2D eigenvalue weighted by atomic mass is 16.5. The summed E-state index contributed by atoms with van der Waals surface area (Å²) in [5.41, 5.74) is 9.60. The van der Waals surface area contributed by atoms with Crippen molar-refractivity contribution >= 4 is 23.1 Å². The fourth-order valence-corrected chi connectivity index (χ4v) is 1.91. The minimum Gasteiger partial charge on any atom is -0.398 e. The molecule has 5 N–H and O–H groups in total. The SMILES string of the molecule is CCCc1nc2ccc(N)cn2c1NCC(=O)NO. The lowest BCUT2D eigenvalue weighted by atomic mass is 10.2. The third-order valence-electron chi connectivity index (χ3n) is 2.74. The molecule has 0 atom stereocenters. The van der Waals surface area contributed by atoms with E-state index >= 15 is 0 Å². The number of imidazole rings is 1. The first kappa shape index (κ1) is 13.2. The van der Waals surface area contributed by atoms with Crippen LogP contribution in [0.4, 0.5) is 11.5 Å². The maximum Gasteiger partial charge on any atom is 0.262 e. The summed E-state index contributed by atoms with van der Waals surface area (Å²) in [7, 11) is 0. The van der Waals surface area contributed by atoms with Gasteiger partial charge in [-0.15, -0.1) is 0 Å². The number of hydrogen-bond donors (Lipinski definition) is 4. The Labute approximate surface area is 110 Å². The molecule has 0 aromatic carbocycles. The van der Waals surface area contributed by atoms with Gasteiger partial charge in [-0.3, -0.25) is 14.4 Å². The normalized spacial score (nSPS) is 10.6. The lowest BCUT2D eigenvalue weighted by Crippen LogP contribution is -2.27. The minimum atomic E-state index is -0.513. The van der Waals surface area contributed by atoms with Gasteiger partial charge in [0.05, 0.1) is 12.2 Å². The molecule has 0 bridgehead atoms. The summed E-state index contributed by atoms with van der Waals surface area (Å²) in [5, 5.41) is 11.5. The molecule has 1 amide bonds. The number of carbonyl (C=O) groups excluding carboxylic acids is 1. The molecule has 2 aromatic rings. The van der Waals surface area contributed by atoms with Gasteiger partial charge in [-0.1, -0.05) is 13.3 Å². The first-order valence-corrected chi connectivity index (χ1v) is 6.09. The fourth-order valence-electron chi connectivity index (χ4n) is 1.91. The minimum absolute atomic E-state index is 0.0319. The molecule has 0 saturated carbocycles. The number of carbonyl (C=O) groups is 1. The van der Waals surface area contributed by atoms with Gasteiger partial charge in [0.25, 0.3) is 5.91 Å². The molecule has 19 heavy (non-hydrogen) atoms. The van der Waals surface area contributed by atoms with Crippen LogP contribution in [0.25, 0.3) is 5.65 Å². The quantitative estimate of drug-likeness (QED) is 0.471. The Morgan fingerprint density at radius 2 is 2.32 bits per heavy atom. The van der Waals surface area contributed by atoms with Crippen LogP contribution in [-0.4, -0.2) is 27.0 Å². The predicted octanol–water partition coefficient (Wildman–Crippen LogP) is 0.786. The zero-order valence-electron chi connectivity index (χ0n) is 10.7. The number of amides is 1. The molecule has 0 radical (unpaired) electrons. The summed E-state index contributed by atoms with van der Waals surface area (Å²) >= 11 is 0. The van der Waals surface area contributed by atoms with Crippen LogP contribution in [-0.2, 0) is 11.2 Å². The second-order valence-corrected chi connectivity index (χ2v) is 4.24. The van der Waals surface area contributed by atoms with Gasteiger partial charge in [-0.05, 0) is 18.6 Å². The lowest BCUT2D eigenvalue weighted by molar-refractivity contribution is -0.127. The molecular weight excluding hydrogens is 246 g/mol. The number of aryl methyl sites for hydroxylation is 1. The smallest absolute Gasteiger partial charge is 0.262 e. The number of nitrogens with zero attached hydrogens (tertiary/aromatic N) is 2. The number of nitrogens with two attached hydrogens (primary N) is 1. The Kier molecular flexibility index (Phi) is 3.86. The Hall–Kier alpha value is -2.28. The van der Waals surface area contributed by atoms with Crippen molar-refractivity contribution in [2.45, 2.75) is 19.8 Å². The van der Waals surface area contributed by atoms with Gasteiger partial charge in [0.2, 0.25) is 0 Å². The summed E-state index contributed by atoms with van der Waals surface area (Å²) < 4.78 is 1.81. The molecule has 102 valence electrons. The molecule has 7 nitrogen and oxygen atoms in total. The van der Waals surface area contributed by atoms with Crippen molar-refractivity contribution in [3.63, 3.8) is 0 Å². The van der Waals surface area contributed by atoms with Crippen molar-refractivity contribution in [1.29, 1.82) is 0 Å². The summed E-state index contributed by atoms with van der Waals surface area (Å²) in [6.45, 7) is 2.03. The zero-order chi connectivity index (χ0) is 13.8. The van der Waals surface area contributed by atoms with Gasteiger partial charge in [-0.2, -0.15) is 0 Å². The van der Waals surface area contributed by atoms with E-state index < -0.39 is 5.91 Å². The molecule has 0 unspecified atom stereocenters. The van der Waals surface area contributed by atoms with E-state index in [2.05, 4.69) is 17.2 Å². The van der Waals surface area contributed by atoms with Crippen LogP contribution in [0.3, 0.4) is 0 Å². The monoisotopic (exact) mass is 263 g/mol. The number of pyridine rings is 1. The van der Waals surface area contributed by atoms with Crippen molar-refractivity contribution in [3.8, 4) is 0 Å². The summed E-state index contributed by atoms with van der Waals surface area (Å²) in [6, 6.07) is 3.61. The molecule has 7 heteroatoms. The second-order valence-electron chi connectivity index (χ2n) is 4.24. The van der Waals surface area contributed by atoms with E-state index in [0.29, 0.717) is 5.69 Å². The van der Waals surface area contributed by atoms with Crippen LogP contribution >= 0.6 is 0 Å². The number of anilines is 2. The molecular formula is C12H17N5O2. The first-order valence-electron chi connectivity index (χ1n) is 6.09. The van der Waals surface area contributed by atoms with Gasteiger partial charge in [-0.25, -0.2) is 10.5 Å². The maximum absolute atomic E-state index is 11.1. The van der Waals surface area contributed by atoms with E-state index in [1.807, 2.05) is 10.5 Å². The third-order valence-corrected chi connectivity index (χ3v) is 2.74. The van der Waals surface area contributed by atoms with E-state index in [1.54, 1.807) is 17.7 Å². The number of fused-ring (bicyclic) bond motifs is 1. The lowest BCUT2D eigenvalue weighted by Gasteiger charge is -2.07. The van der Waals surface area contributed by atoms with E-state index in [4.69, 9.17) is 10.9 Å². The third kappa shape index (κ3) is 2.76. The van der Waals surface area contributed by atoms with Gasteiger partial charge < -0.3 is 11.1 Å². The molecule has 0 fully saturated rings. The number of hydrogen-bond acceptors (Lipinski definition) is 5. The number of nitrogen functional groups attached to an aromatic ring is 1. The van der Waals surface area contributed by atoms with Gasteiger partial charge in [0, 0.05) is 11.9 Å². The van der Waals surface area contributed by atoms with Crippen molar-refractivity contribution in [1.82, 2.24) is 14.9 Å². The number of rotatable bonds is 5. The zero-order valence-corrected chi connectivity index (χ0v) is 10.7. The van der Waals surface area contributed by atoms with Crippen molar-refractivity contribution in [2.75, 3.05) is 17.6 Å². The Bertz CT molecular complexity index is 593. The molecule has 0 aliphatic rings. The summed E-state index contributed by atoms with van der Waals surface area (Å²) in [4.78, 5) is 15.6. The van der Waals surface area contributed by atoms with Crippen LogP contribution in [0, 0.1) is 0 Å². The van der Waals surface area contributed by atoms with Crippen LogP contribution in [0.5, 0.6) is 0 Å². The molecule has 2 rings (SSSR count). The first-order chi connectivity index (χ1) is 9.15. The highest BCUT2D eigenvalue weighted by molar-refractivity contribution is 5.79. The van der Waals surface area contributed by atoms with Crippen LogP contribution in [0.15, 0.2) is 18.3 Å². The molecule has 0 spiro atoms. The molecule has 0 saturated heterocycles. The number of aromatic nitrogens is 2. The molecule has 2 heterocycles. The molecule has 0 aliphatic heterocycles. The highest BCUT2D eigenvalue weighted by Gasteiger charge is 2.12. The molecule has 0 aliphatic carbocycles. The van der Waals surface area contributed by atoms with Crippen LogP contribution in [0.2, 0.25) is 0 Å². The summed E-state index contributed by atoms with van der Waals surface area (Å²) in [5.74, 6) is 0.217. The number of hydroxylamine groups is 1. The number of nitrogens with one attached hydrogen (secondary N) is 2. The van der Waals surface area contributed by atoms with Gasteiger partial charge in [0.1, 0.15) is 11.5 Å².